The molecule has 0 saturated heterocycles. The third-order valence-electron chi connectivity index (χ3n) is 3.86. The predicted molar refractivity (Wildman–Crippen MR) is 72.4 cm³/mol. The van der Waals surface area contributed by atoms with Gasteiger partial charge in [0.25, 0.3) is 0 Å². The molecule has 0 unspecified atom stereocenters. The van der Waals surface area contributed by atoms with Gasteiger partial charge < -0.3 is 9.52 Å². The number of rotatable bonds is 5. The molecule has 2 rings (SSSR count). The molecular formula is C15H23NO3. The Morgan fingerprint density at radius 2 is 2.00 bits per heavy atom. The van der Waals surface area contributed by atoms with Crippen LogP contribution in [0.1, 0.15) is 74.0 Å². The Labute approximate surface area is 114 Å². The normalized spacial score (nSPS) is 17.3. The zero-order chi connectivity index (χ0) is 13.7. The first-order chi connectivity index (χ1) is 9.20. The van der Waals surface area contributed by atoms with Crippen LogP contribution in [-0.2, 0) is 12.8 Å². The van der Waals surface area contributed by atoms with Crippen molar-refractivity contribution in [2.24, 2.45) is 5.92 Å². The highest BCUT2D eigenvalue weighted by Crippen LogP contribution is 2.26. The van der Waals surface area contributed by atoms with Crippen LogP contribution in [0.25, 0.3) is 0 Å². The standard InChI is InChI=1S/C15H23NO3/c1-2-7-12-14(15(17)18)19-13(16-12)10-11-8-5-3-4-6-9-11/h11H,2-10H2,1H3,(H,17,18). The lowest BCUT2D eigenvalue weighted by Gasteiger charge is -2.10. The summed E-state index contributed by atoms with van der Waals surface area (Å²) in [6, 6.07) is 0. The van der Waals surface area contributed by atoms with Crippen molar-refractivity contribution >= 4 is 5.97 Å². The molecule has 1 aromatic heterocycles. The topological polar surface area (TPSA) is 63.3 Å². The fourth-order valence-electron chi connectivity index (χ4n) is 2.88. The lowest BCUT2D eigenvalue weighted by atomic mass is 9.97. The second-order valence-corrected chi connectivity index (χ2v) is 5.50. The second-order valence-electron chi connectivity index (χ2n) is 5.50. The van der Waals surface area contributed by atoms with Gasteiger partial charge in [-0.3, -0.25) is 0 Å². The van der Waals surface area contributed by atoms with E-state index in [0.717, 1.165) is 12.8 Å². The van der Waals surface area contributed by atoms with Crippen LogP contribution in [0.4, 0.5) is 0 Å². The number of carboxylic acids is 1. The Balaban J connectivity index is 2.06. The smallest absolute Gasteiger partial charge is 0.373 e. The van der Waals surface area contributed by atoms with E-state index in [1.165, 1.54) is 38.5 Å². The number of aromatic carboxylic acids is 1. The molecule has 0 radical (unpaired) electrons. The number of oxazole rings is 1. The highest BCUT2D eigenvalue weighted by atomic mass is 16.4. The van der Waals surface area contributed by atoms with E-state index in [-0.39, 0.29) is 5.76 Å². The molecule has 0 aromatic carbocycles. The van der Waals surface area contributed by atoms with Gasteiger partial charge in [-0.2, -0.15) is 0 Å². The molecule has 4 nitrogen and oxygen atoms in total. The first-order valence-electron chi connectivity index (χ1n) is 7.42. The lowest BCUT2D eigenvalue weighted by molar-refractivity contribution is 0.0658. The molecule has 0 bridgehead atoms. The van der Waals surface area contributed by atoms with Crippen LogP contribution in [0.2, 0.25) is 0 Å². The molecule has 4 heteroatoms. The number of carbonyl (C=O) groups is 1. The molecule has 19 heavy (non-hydrogen) atoms. The summed E-state index contributed by atoms with van der Waals surface area (Å²) in [7, 11) is 0. The minimum Gasteiger partial charge on any atom is -0.475 e. The molecule has 1 heterocycles. The SMILES string of the molecule is CCCc1nc(CC2CCCCCC2)oc1C(=O)O. The average Bonchev–Trinajstić information content (AvgIpc) is 2.59. The molecular weight excluding hydrogens is 242 g/mol. The first kappa shape index (κ1) is 14.1. The van der Waals surface area contributed by atoms with Gasteiger partial charge in [-0.25, -0.2) is 9.78 Å². The van der Waals surface area contributed by atoms with Crippen molar-refractivity contribution in [3.05, 3.63) is 17.3 Å². The van der Waals surface area contributed by atoms with Gasteiger partial charge in [0, 0.05) is 6.42 Å². The molecule has 1 N–H and O–H groups in total. The lowest BCUT2D eigenvalue weighted by Crippen LogP contribution is -2.03. The minimum atomic E-state index is -0.997. The van der Waals surface area contributed by atoms with E-state index < -0.39 is 5.97 Å². The number of aryl methyl sites for hydroxylation is 1. The Morgan fingerprint density at radius 3 is 2.58 bits per heavy atom. The number of hydrogen-bond acceptors (Lipinski definition) is 3. The van der Waals surface area contributed by atoms with Crippen LogP contribution in [0.15, 0.2) is 4.42 Å². The number of hydrogen-bond donors (Lipinski definition) is 1. The Bertz CT molecular complexity index is 417. The highest BCUT2D eigenvalue weighted by molar-refractivity contribution is 5.85. The van der Waals surface area contributed by atoms with E-state index in [4.69, 9.17) is 9.52 Å². The predicted octanol–water partition coefficient (Wildman–Crippen LogP) is 3.84. The molecule has 1 aliphatic carbocycles. The fraction of sp³-hybridized carbons (Fsp3) is 0.733. The van der Waals surface area contributed by atoms with Gasteiger partial charge in [-0.1, -0.05) is 39.0 Å². The van der Waals surface area contributed by atoms with Gasteiger partial charge in [0.2, 0.25) is 5.76 Å². The molecule has 0 aliphatic heterocycles. The molecule has 0 atom stereocenters. The molecule has 1 aromatic rings. The summed E-state index contributed by atoms with van der Waals surface area (Å²) in [5.41, 5.74) is 0.610. The third-order valence-corrected chi connectivity index (χ3v) is 3.86. The van der Waals surface area contributed by atoms with Gasteiger partial charge in [0.1, 0.15) is 0 Å². The summed E-state index contributed by atoms with van der Waals surface area (Å²) in [6.07, 6.45) is 9.99. The monoisotopic (exact) mass is 265 g/mol. The quantitative estimate of drug-likeness (QED) is 0.822. The van der Waals surface area contributed by atoms with Crippen LogP contribution in [0.5, 0.6) is 0 Å². The van der Waals surface area contributed by atoms with E-state index in [1.54, 1.807) is 0 Å². The van der Waals surface area contributed by atoms with Crippen LogP contribution >= 0.6 is 0 Å². The third kappa shape index (κ3) is 3.82. The molecule has 1 fully saturated rings. The Hall–Kier alpha value is -1.32. The second kappa shape index (κ2) is 6.73. The molecule has 0 amide bonds. The van der Waals surface area contributed by atoms with Crippen LogP contribution in [0, 0.1) is 5.92 Å². The Morgan fingerprint density at radius 1 is 1.32 bits per heavy atom. The number of nitrogens with zero attached hydrogens (tertiary/aromatic N) is 1. The molecule has 0 spiro atoms. The van der Waals surface area contributed by atoms with Gasteiger partial charge in [0.05, 0.1) is 5.69 Å². The van der Waals surface area contributed by atoms with Crippen molar-refractivity contribution in [2.75, 3.05) is 0 Å². The van der Waals surface area contributed by atoms with E-state index >= 15 is 0 Å². The summed E-state index contributed by atoms with van der Waals surface area (Å²) >= 11 is 0. The zero-order valence-electron chi connectivity index (χ0n) is 11.7. The van der Waals surface area contributed by atoms with Crippen LogP contribution < -0.4 is 0 Å². The first-order valence-corrected chi connectivity index (χ1v) is 7.42. The van der Waals surface area contributed by atoms with Crippen LogP contribution in [0.3, 0.4) is 0 Å². The largest absolute Gasteiger partial charge is 0.475 e. The van der Waals surface area contributed by atoms with Crippen molar-refractivity contribution in [3.8, 4) is 0 Å². The number of aromatic nitrogens is 1. The summed E-state index contributed by atoms with van der Waals surface area (Å²) in [5.74, 6) is 0.276. The van der Waals surface area contributed by atoms with Crippen molar-refractivity contribution in [3.63, 3.8) is 0 Å². The minimum absolute atomic E-state index is 0.0467. The van der Waals surface area contributed by atoms with Crippen LogP contribution in [-0.4, -0.2) is 16.1 Å². The van der Waals surface area contributed by atoms with Gasteiger partial charge in [-0.15, -0.1) is 0 Å². The van der Waals surface area contributed by atoms with E-state index in [9.17, 15) is 4.79 Å². The number of carboxylic acid groups (broad SMARTS) is 1. The zero-order valence-corrected chi connectivity index (χ0v) is 11.7. The summed E-state index contributed by atoms with van der Waals surface area (Å²) in [4.78, 5) is 15.5. The maximum absolute atomic E-state index is 11.1. The average molecular weight is 265 g/mol. The summed E-state index contributed by atoms with van der Waals surface area (Å²) in [6.45, 7) is 2.02. The van der Waals surface area contributed by atoms with Crippen molar-refractivity contribution in [2.45, 2.75) is 64.7 Å². The van der Waals surface area contributed by atoms with Gasteiger partial charge in [0.15, 0.2) is 5.89 Å². The molecule has 106 valence electrons. The van der Waals surface area contributed by atoms with E-state index in [2.05, 4.69) is 4.98 Å². The molecule has 1 saturated carbocycles. The van der Waals surface area contributed by atoms with Gasteiger partial charge >= 0.3 is 5.97 Å². The van der Waals surface area contributed by atoms with Crippen molar-refractivity contribution < 1.29 is 14.3 Å². The van der Waals surface area contributed by atoms with E-state index in [0.29, 0.717) is 23.9 Å². The highest BCUT2D eigenvalue weighted by Gasteiger charge is 2.21. The van der Waals surface area contributed by atoms with Crippen molar-refractivity contribution in [1.82, 2.24) is 4.98 Å². The Kier molecular flexibility index (Phi) is 5.00. The molecule has 1 aliphatic rings. The van der Waals surface area contributed by atoms with Gasteiger partial charge in [-0.05, 0) is 25.2 Å². The fourth-order valence-corrected chi connectivity index (χ4v) is 2.88. The summed E-state index contributed by atoms with van der Waals surface area (Å²) < 4.78 is 5.46. The van der Waals surface area contributed by atoms with E-state index in [1.807, 2.05) is 6.92 Å². The maximum Gasteiger partial charge on any atom is 0.373 e. The summed E-state index contributed by atoms with van der Waals surface area (Å²) in [5, 5.41) is 9.12. The van der Waals surface area contributed by atoms with Crippen molar-refractivity contribution in [1.29, 1.82) is 0 Å². The maximum atomic E-state index is 11.1.